The largest absolute Gasteiger partial charge is 0.395 e. The minimum absolute atomic E-state index is 0.0640. The highest BCUT2D eigenvalue weighted by molar-refractivity contribution is 5.25. The lowest BCUT2D eigenvalue weighted by molar-refractivity contribution is 0.0746. The predicted molar refractivity (Wildman–Crippen MR) is 62.7 cm³/mol. The van der Waals surface area contributed by atoms with Crippen molar-refractivity contribution in [1.82, 2.24) is 4.90 Å². The second kappa shape index (κ2) is 7.35. The molecule has 0 bridgehead atoms. The van der Waals surface area contributed by atoms with Crippen molar-refractivity contribution in [2.75, 3.05) is 19.7 Å². The van der Waals surface area contributed by atoms with Crippen LogP contribution in [0.15, 0.2) is 18.2 Å². The topological polar surface area (TPSA) is 49.5 Å². The summed E-state index contributed by atoms with van der Waals surface area (Å²) in [6.45, 7) is -0.167. The molecule has 0 saturated carbocycles. The first-order valence-electron chi connectivity index (χ1n) is 5.65. The van der Waals surface area contributed by atoms with Crippen LogP contribution in [0.4, 0.5) is 13.2 Å². The minimum Gasteiger partial charge on any atom is -0.395 e. The van der Waals surface area contributed by atoms with Crippen LogP contribution < -0.4 is 5.73 Å². The highest BCUT2D eigenvalue weighted by Crippen LogP contribution is 2.13. The molecular weight excluding hydrogens is 245 g/mol. The van der Waals surface area contributed by atoms with E-state index in [1.165, 1.54) is 17.0 Å². The summed E-state index contributed by atoms with van der Waals surface area (Å²) in [4.78, 5) is 1.41. The highest BCUT2D eigenvalue weighted by Gasteiger charge is 2.12. The van der Waals surface area contributed by atoms with Crippen molar-refractivity contribution in [2.24, 2.45) is 5.73 Å². The van der Waals surface area contributed by atoms with E-state index in [-0.39, 0.29) is 26.2 Å². The van der Waals surface area contributed by atoms with E-state index < -0.39 is 18.8 Å². The summed E-state index contributed by atoms with van der Waals surface area (Å²) in [5.74, 6) is -0.399. The Morgan fingerprint density at radius 3 is 2.61 bits per heavy atom. The summed E-state index contributed by atoms with van der Waals surface area (Å²) in [6, 6.07) is 4.37. The molecular formula is C12H17F3N2O. The minimum atomic E-state index is -2.47. The molecule has 0 aliphatic carbocycles. The van der Waals surface area contributed by atoms with Gasteiger partial charge in [0.25, 0.3) is 6.43 Å². The molecule has 0 aliphatic heterocycles. The molecule has 0 spiro atoms. The number of rotatable bonds is 7. The van der Waals surface area contributed by atoms with Crippen molar-refractivity contribution in [2.45, 2.75) is 19.5 Å². The number of benzene rings is 1. The van der Waals surface area contributed by atoms with Crippen LogP contribution in [0.2, 0.25) is 0 Å². The molecule has 1 aromatic carbocycles. The third-order valence-corrected chi connectivity index (χ3v) is 2.55. The molecule has 1 aromatic rings. The Labute approximate surface area is 104 Å². The SMILES string of the molecule is NCc1cc(CN(CCO)CC(F)F)ccc1F. The third kappa shape index (κ3) is 4.64. The lowest BCUT2D eigenvalue weighted by Crippen LogP contribution is -2.31. The zero-order chi connectivity index (χ0) is 13.5. The quantitative estimate of drug-likeness (QED) is 0.779. The summed E-state index contributed by atoms with van der Waals surface area (Å²) in [5, 5.41) is 8.81. The lowest BCUT2D eigenvalue weighted by Gasteiger charge is -2.21. The fourth-order valence-electron chi connectivity index (χ4n) is 1.71. The maximum atomic E-state index is 13.2. The summed E-state index contributed by atoms with van der Waals surface area (Å²) >= 11 is 0. The smallest absolute Gasteiger partial charge is 0.251 e. The van der Waals surface area contributed by atoms with E-state index in [0.29, 0.717) is 11.1 Å². The Balaban J connectivity index is 2.73. The van der Waals surface area contributed by atoms with Gasteiger partial charge in [-0.2, -0.15) is 0 Å². The molecule has 0 unspecified atom stereocenters. The Bertz CT molecular complexity index is 374. The van der Waals surface area contributed by atoms with Gasteiger partial charge in [0.15, 0.2) is 0 Å². The molecule has 102 valence electrons. The number of hydrogen-bond acceptors (Lipinski definition) is 3. The normalized spacial score (nSPS) is 11.5. The fraction of sp³-hybridized carbons (Fsp3) is 0.500. The van der Waals surface area contributed by atoms with E-state index in [1.807, 2.05) is 0 Å². The maximum Gasteiger partial charge on any atom is 0.251 e. The van der Waals surface area contributed by atoms with Gasteiger partial charge in [-0.3, -0.25) is 4.90 Å². The summed E-state index contributed by atoms with van der Waals surface area (Å²) in [7, 11) is 0. The molecule has 3 nitrogen and oxygen atoms in total. The number of nitrogens with zero attached hydrogens (tertiary/aromatic N) is 1. The van der Waals surface area contributed by atoms with Crippen molar-refractivity contribution < 1.29 is 18.3 Å². The van der Waals surface area contributed by atoms with Gasteiger partial charge < -0.3 is 10.8 Å². The van der Waals surface area contributed by atoms with Gasteiger partial charge in [-0.25, -0.2) is 13.2 Å². The molecule has 0 aliphatic rings. The Kier molecular flexibility index (Phi) is 6.11. The Morgan fingerprint density at radius 2 is 2.06 bits per heavy atom. The first kappa shape index (κ1) is 14.9. The average molecular weight is 262 g/mol. The second-order valence-electron chi connectivity index (χ2n) is 3.98. The molecule has 6 heteroatoms. The van der Waals surface area contributed by atoms with Gasteiger partial charge >= 0.3 is 0 Å². The standard InChI is InChI=1S/C12H17F3N2O/c13-11-2-1-9(5-10(11)6-16)7-17(3-4-18)8-12(14)15/h1-2,5,12,18H,3-4,6-8,16H2. The summed E-state index contributed by atoms with van der Waals surface area (Å²) < 4.78 is 37.8. The predicted octanol–water partition coefficient (Wildman–Crippen LogP) is 1.34. The zero-order valence-corrected chi connectivity index (χ0v) is 9.95. The van der Waals surface area contributed by atoms with E-state index in [4.69, 9.17) is 10.8 Å². The van der Waals surface area contributed by atoms with Crippen molar-refractivity contribution in [3.8, 4) is 0 Å². The fourth-order valence-corrected chi connectivity index (χ4v) is 1.71. The number of halogens is 3. The number of nitrogens with two attached hydrogens (primary N) is 1. The van der Waals surface area contributed by atoms with Gasteiger partial charge in [-0.15, -0.1) is 0 Å². The van der Waals surface area contributed by atoms with E-state index in [9.17, 15) is 13.2 Å². The monoisotopic (exact) mass is 262 g/mol. The van der Waals surface area contributed by atoms with Crippen LogP contribution in [0.3, 0.4) is 0 Å². The third-order valence-electron chi connectivity index (χ3n) is 2.55. The second-order valence-corrected chi connectivity index (χ2v) is 3.98. The van der Waals surface area contributed by atoms with Crippen LogP contribution in [-0.2, 0) is 13.1 Å². The van der Waals surface area contributed by atoms with Crippen LogP contribution in [0.25, 0.3) is 0 Å². The lowest BCUT2D eigenvalue weighted by atomic mass is 10.1. The maximum absolute atomic E-state index is 13.2. The summed E-state index contributed by atoms with van der Waals surface area (Å²) in [6.07, 6.45) is -2.47. The van der Waals surface area contributed by atoms with Crippen LogP contribution in [-0.4, -0.2) is 36.1 Å². The van der Waals surface area contributed by atoms with Crippen LogP contribution in [0.5, 0.6) is 0 Å². The Morgan fingerprint density at radius 1 is 1.33 bits per heavy atom. The molecule has 1 rings (SSSR count). The van der Waals surface area contributed by atoms with Crippen LogP contribution in [0, 0.1) is 5.82 Å². The Hall–Kier alpha value is -1.11. The van der Waals surface area contributed by atoms with Gasteiger partial charge in [0, 0.05) is 25.2 Å². The zero-order valence-electron chi connectivity index (χ0n) is 9.95. The highest BCUT2D eigenvalue weighted by atomic mass is 19.3. The van der Waals surface area contributed by atoms with Crippen LogP contribution in [0.1, 0.15) is 11.1 Å². The number of aliphatic hydroxyl groups excluding tert-OH is 1. The van der Waals surface area contributed by atoms with E-state index in [2.05, 4.69) is 0 Å². The van der Waals surface area contributed by atoms with Crippen molar-refractivity contribution in [3.05, 3.63) is 35.1 Å². The number of hydrogen-bond donors (Lipinski definition) is 2. The molecule has 0 aromatic heterocycles. The first-order chi connectivity index (χ1) is 8.56. The van der Waals surface area contributed by atoms with Crippen molar-refractivity contribution >= 4 is 0 Å². The van der Waals surface area contributed by atoms with E-state index in [1.54, 1.807) is 6.07 Å². The van der Waals surface area contributed by atoms with Crippen LogP contribution >= 0.6 is 0 Å². The number of aliphatic hydroxyl groups is 1. The van der Waals surface area contributed by atoms with Gasteiger partial charge in [-0.1, -0.05) is 12.1 Å². The van der Waals surface area contributed by atoms with Gasteiger partial charge in [0.2, 0.25) is 0 Å². The first-order valence-corrected chi connectivity index (χ1v) is 5.65. The van der Waals surface area contributed by atoms with Crippen molar-refractivity contribution in [1.29, 1.82) is 0 Å². The molecule has 3 N–H and O–H groups in total. The average Bonchev–Trinajstić information content (AvgIpc) is 2.31. The molecule has 18 heavy (non-hydrogen) atoms. The molecule has 0 amide bonds. The molecule has 0 atom stereocenters. The van der Waals surface area contributed by atoms with Gasteiger partial charge in [0.1, 0.15) is 5.82 Å². The number of alkyl halides is 2. The van der Waals surface area contributed by atoms with Crippen molar-refractivity contribution in [3.63, 3.8) is 0 Å². The van der Waals surface area contributed by atoms with Gasteiger partial charge in [0.05, 0.1) is 13.2 Å². The molecule has 0 radical (unpaired) electrons. The van der Waals surface area contributed by atoms with E-state index >= 15 is 0 Å². The molecule has 0 fully saturated rings. The van der Waals surface area contributed by atoms with E-state index in [0.717, 1.165) is 0 Å². The summed E-state index contributed by atoms with van der Waals surface area (Å²) in [5.41, 5.74) is 6.43. The van der Waals surface area contributed by atoms with Gasteiger partial charge in [-0.05, 0) is 11.6 Å². The molecule has 0 heterocycles. The molecule has 0 saturated heterocycles.